The van der Waals surface area contributed by atoms with E-state index in [1.165, 1.54) is 93.6 Å². The highest BCUT2D eigenvalue weighted by Gasteiger charge is 2.51. The average molecular weight is 1000 g/mol. The number of rotatable bonds is 23. The fourth-order valence-electron chi connectivity index (χ4n) is 14.0. The summed E-state index contributed by atoms with van der Waals surface area (Å²) in [4.78, 5) is 45.8. The van der Waals surface area contributed by atoms with Crippen molar-refractivity contribution in [1.82, 2.24) is 10.6 Å². The fourth-order valence-corrected chi connectivity index (χ4v) is 14.0. The van der Waals surface area contributed by atoms with E-state index in [1.807, 2.05) is 0 Å². The Labute approximate surface area is 433 Å². The van der Waals surface area contributed by atoms with Gasteiger partial charge in [-0.1, -0.05) is 87.4 Å². The maximum absolute atomic E-state index is 12.2. The maximum Gasteiger partial charge on any atom is 0.329 e. The van der Waals surface area contributed by atoms with Crippen molar-refractivity contribution in [2.75, 3.05) is 46.6 Å². The van der Waals surface area contributed by atoms with E-state index in [1.54, 1.807) is 11.1 Å². The van der Waals surface area contributed by atoms with Crippen LogP contribution in [0.2, 0.25) is 0 Å². The first-order valence-corrected chi connectivity index (χ1v) is 27.9. The van der Waals surface area contributed by atoms with E-state index in [0.717, 1.165) is 64.2 Å². The first kappa shape index (κ1) is 59.0. The second-order valence-electron chi connectivity index (χ2n) is 22.9. The van der Waals surface area contributed by atoms with Crippen molar-refractivity contribution in [2.45, 2.75) is 188 Å². The van der Waals surface area contributed by atoms with Crippen LogP contribution in [0.5, 0.6) is 0 Å². The zero-order valence-electron chi connectivity index (χ0n) is 45.0. The van der Waals surface area contributed by atoms with Gasteiger partial charge in [0, 0.05) is 25.9 Å². The maximum atomic E-state index is 12.2. The summed E-state index contributed by atoms with van der Waals surface area (Å²) in [7, 11) is 1.36. The first-order valence-electron chi connectivity index (χ1n) is 27.9. The molecule has 0 aromatic heterocycles. The molecule has 6 saturated carbocycles. The number of carboxylic acids is 1. The van der Waals surface area contributed by atoms with Crippen LogP contribution in [-0.2, 0) is 33.4 Å². The Morgan fingerprint density at radius 3 is 1.56 bits per heavy atom. The smallest absolute Gasteiger partial charge is 0.329 e. The van der Waals surface area contributed by atoms with Gasteiger partial charge in [0.1, 0.15) is 6.61 Å². The van der Waals surface area contributed by atoms with Crippen LogP contribution in [-0.4, -0.2) is 97.9 Å². The molecule has 0 saturated heterocycles. The highest BCUT2D eigenvalue weighted by atomic mass is 16.5. The van der Waals surface area contributed by atoms with Gasteiger partial charge in [0.05, 0.1) is 45.6 Å². The van der Waals surface area contributed by atoms with Gasteiger partial charge in [-0.05, 0) is 186 Å². The Morgan fingerprint density at radius 2 is 1.11 bits per heavy atom. The number of fused-ring (bicyclic) bond motifs is 2. The van der Waals surface area contributed by atoms with Gasteiger partial charge in [-0.25, -0.2) is 4.79 Å². The lowest BCUT2D eigenvalue weighted by Gasteiger charge is -2.44. The fraction of sp³-hybridized carbons (Fsp3) is 0.733. The first-order chi connectivity index (χ1) is 34.4. The highest BCUT2D eigenvalue weighted by Crippen LogP contribution is 2.61. The molecule has 0 aromatic rings. The molecule has 404 valence electrons. The molecule has 72 heavy (non-hydrogen) atoms. The molecule has 0 radical (unpaired) electrons. The Morgan fingerprint density at radius 1 is 0.653 bits per heavy atom. The van der Waals surface area contributed by atoms with E-state index < -0.39 is 5.97 Å². The van der Waals surface area contributed by atoms with Gasteiger partial charge >= 0.3 is 11.9 Å². The molecule has 0 aromatic carbocycles. The second kappa shape index (κ2) is 29.3. The number of hydrogen-bond donors (Lipinski definition) is 5. The lowest BCUT2D eigenvalue weighted by Crippen LogP contribution is -2.36. The number of esters is 1. The lowest BCUT2D eigenvalue weighted by molar-refractivity contribution is -0.142. The van der Waals surface area contributed by atoms with Crippen LogP contribution >= 0.6 is 0 Å². The summed E-state index contributed by atoms with van der Waals surface area (Å²) < 4.78 is 14.9. The summed E-state index contributed by atoms with van der Waals surface area (Å²) in [5, 5.41) is 34.4. The quantitative estimate of drug-likeness (QED) is 0.0488. The molecule has 0 heterocycles. The Hall–Kier alpha value is -3.84. The van der Waals surface area contributed by atoms with E-state index in [2.05, 4.69) is 80.5 Å². The molecule has 0 spiro atoms. The van der Waals surface area contributed by atoms with Gasteiger partial charge in [-0.3, -0.25) is 14.4 Å². The van der Waals surface area contributed by atoms with Crippen LogP contribution in [0.4, 0.5) is 0 Å². The molecule has 5 N–H and O–H groups in total. The number of amides is 2. The molecular formula is C60H94N2O10. The summed E-state index contributed by atoms with van der Waals surface area (Å²) in [5.41, 5.74) is 8.67. The number of nitrogens with one attached hydrogen (secondary N) is 2. The molecule has 0 aliphatic heterocycles. The van der Waals surface area contributed by atoms with Gasteiger partial charge < -0.3 is 40.2 Å². The molecule has 6 fully saturated rings. The summed E-state index contributed by atoms with van der Waals surface area (Å²) in [5.74, 6) is 2.66. The van der Waals surface area contributed by atoms with Gasteiger partial charge in [0.15, 0.2) is 0 Å². The number of aliphatic carboxylic acids is 1. The topological polar surface area (TPSA) is 181 Å². The molecular weight excluding hydrogens is 909 g/mol. The van der Waals surface area contributed by atoms with E-state index in [4.69, 9.17) is 14.6 Å². The SMILES string of the molecule is C=C1CC[C@H](O)C/C1=C/C=C1\CCC[C@]2(C)[C@@H]([C@H](C)CCCC(=O)NCCOCC(=O)O)CC[C@@H]12.C=C1CC[C@H](O)C/C1=C/C=C1\CCC[C@]2(C)[C@@H]([C@H](C)CCCC(=O)NCCOCCC(=O)OC)CC[C@@H]12. The molecule has 12 heteroatoms. The minimum absolute atomic E-state index is 0.0111. The van der Waals surface area contributed by atoms with Crippen molar-refractivity contribution in [2.24, 2.45) is 46.3 Å². The number of methoxy groups -OCH3 is 1. The second-order valence-corrected chi connectivity index (χ2v) is 22.9. The third-order valence-electron chi connectivity index (χ3n) is 18.0. The van der Waals surface area contributed by atoms with Gasteiger partial charge in [-0.2, -0.15) is 0 Å². The summed E-state index contributed by atoms with van der Waals surface area (Å²) in [6.07, 6.45) is 31.4. The molecule has 10 atom stereocenters. The molecule has 0 bridgehead atoms. The van der Waals surface area contributed by atoms with E-state index in [9.17, 15) is 29.4 Å². The number of carbonyl (C=O) groups is 4. The molecule has 2 amide bonds. The van der Waals surface area contributed by atoms with Crippen molar-refractivity contribution < 1.29 is 48.7 Å². The standard InChI is InChI=1S/C31H49NO5.C29H45NO5/c1-22-10-13-26(33)21-25(22)12-11-24-8-6-17-31(3)27(14-15-28(24)31)23(2)7-5-9-29(34)32-18-20-37-19-16-30(35)36-4;1-20-9-12-24(31)18-23(20)11-10-22-7-5-15-29(3)25(13-14-26(22)29)21(2)6-4-8-27(32)30-16-17-35-19-28(33)34/h11-12,23,26-28,33H,1,5-10,13-21H2,2-4H3,(H,32,34);10-11,21,24-26,31H,1,4-9,12-19H2,2-3H3,(H,30,32)(H,33,34)/b24-11+,25-12-;22-10+,23-11-/t23-,26+,27-,28+,31-;21-,24+,25-,26+,29-/m11/s1. The van der Waals surface area contributed by atoms with Crippen molar-refractivity contribution in [3.63, 3.8) is 0 Å². The number of aliphatic hydroxyl groups is 2. The van der Waals surface area contributed by atoms with Crippen LogP contribution in [0.1, 0.15) is 175 Å². The van der Waals surface area contributed by atoms with E-state index in [-0.39, 0.29) is 49.6 Å². The minimum Gasteiger partial charge on any atom is -0.480 e. The van der Waals surface area contributed by atoms with Gasteiger partial charge in [0.2, 0.25) is 11.8 Å². The number of allylic oxidation sites excluding steroid dienone is 8. The van der Waals surface area contributed by atoms with Crippen LogP contribution in [0.3, 0.4) is 0 Å². The van der Waals surface area contributed by atoms with Crippen molar-refractivity contribution in [1.29, 1.82) is 0 Å². The normalized spacial score (nSPS) is 31.4. The van der Waals surface area contributed by atoms with Crippen molar-refractivity contribution in [3.05, 3.63) is 70.9 Å². The van der Waals surface area contributed by atoms with Crippen molar-refractivity contribution >= 4 is 23.8 Å². The molecule has 0 unspecified atom stereocenters. The molecule has 6 rings (SSSR count). The summed E-state index contributed by atoms with van der Waals surface area (Å²) in [6, 6.07) is 0. The van der Waals surface area contributed by atoms with E-state index >= 15 is 0 Å². The number of ether oxygens (including phenoxy) is 3. The number of hydrogen-bond acceptors (Lipinski definition) is 9. The van der Waals surface area contributed by atoms with Crippen molar-refractivity contribution in [3.8, 4) is 0 Å². The third kappa shape index (κ3) is 17.4. The Bertz CT molecular complexity index is 1970. The van der Waals surface area contributed by atoms with Gasteiger partial charge in [-0.15, -0.1) is 0 Å². The number of carbonyl (C=O) groups excluding carboxylic acids is 3. The zero-order valence-corrected chi connectivity index (χ0v) is 45.0. The average Bonchev–Trinajstić information content (AvgIpc) is 3.90. The Kier molecular flexibility index (Phi) is 24.0. The number of carboxylic acid groups (broad SMARTS) is 1. The largest absolute Gasteiger partial charge is 0.480 e. The zero-order chi connectivity index (χ0) is 52.3. The molecule has 6 aliphatic rings. The van der Waals surface area contributed by atoms with Crippen LogP contribution in [0.15, 0.2) is 70.9 Å². The minimum atomic E-state index is -0.999. The van der Waals surface area contributed by atoms with Crippen LogP contribution in [0, 0.1) is 46.3 Å². The third-order valence-corrected chi connectivity index (χ3v) is 18.0. The van der Waals surface area contributed by atoms with Crippen LogP contribution < -0.4 is 10.6 Å². The van der Waals surface area contributed by atoms with E-state index in [0.29, 0.717) is 85.5 Å². The lowest BCUT2D eigenvalue weighted by atomic mass is 9.60. The number of aliphatic hydroxyl groups excluding tert-OH is 2. The monoisotopic (exact) mass is 1000 g/mol. The Balaban J connectivity index is 0.000000268. The highest BCUT2D eigenvalue weighted by molar-refractivity contribution is 5.76. The van der Waals surface area contributed by atoms with Crippen LogP contribution in [0.25, 0.3) is 0 Å². The molecule has 6 aliphatic carbocycles. The molecule has 12 nitrogen and oxygen atoms in total. The summed E-state index contributed by atoms with van der Waals surface area (Å²) >= 11 is 0. The predicted octanol–water partition coefficient (Wildman–Crippen LogP) is 10.8. The summed E-state index contributed by atoms with van der Waals surface area (Å²) in [6.45, 7) is 19.6. The van der Waals surface area contributed by atoms with Gasteiger partial charge in [0.25, 0.3) is 0 Å². The predicted molar refractivity (Wildman–Crippen MR) is 285 cm³/mol.